The van der Waals surface area contributed by atoms with Crippen LogP contribution in [0.2, 0.25) is 0 Å². The molecule has 120 valence electrons. The summed E-state index contributed by atoms with van der Waals surface area (Å²) < 4.78 is 10.5. The Morgan fingerprint density at radius 1 is 1.22 bits per heavy atom. The fourth-order valence-corrected chi connectivity index (χ4v) is 1.75. The van der Waals surface area contributed by atoms with E-state index in [0.29, 0.717) is 23.7 Å². The van der Waals surface area contributed by atoms with Crippen LogP contribution >= 0.6 is 0 Å². The summed E-state index contributed by atoms with van der Waals surface area (Å²) in [7, 11) is 0. The van der Waals surface area contributed by atoms with E-state index in [-0.39, 0.29) is 6.54 Å². The molecule has 0 aliphatic rings. The quantitative estimate of drug-likeness (QED) is 0.479. The minimum atomic E-state index is -0.860. The van der Waals surface area contributed by atoms with Gasteiger partial charge in [0.05, 0.1) is 25.6 Å². The molecule has 0 radical (unpaired) electrons. The third-order valence-corrected chi connectivity index (χ3v) is 2.80. The lowest BCUT2D eigenvalue weighted by Crippen LogP contribution is -2.37. The molecule has 2 amide bonds. The Balaban J connectivity index is 1.84. The fourth-order valence-electron chi connectivity index (χ4n) is 1.75. The Morgan fingerprint density at radius 3 is 2.78 bits per heavy atom. The number of nitrogens with one attached hydrogen (secondary N) is 2. The number of nitrogens with zero attached hydrogens (tertiary/aromatic N) is 1. The van der Waals surface area contributed by atoms with Gasteiger partial charge in [0.2, 0.25) is 0 Å². The van der Waals surface area contributed by atoms with E-state index in [4.69, 9.17) is 9.15 Å². The van der Waals surface area contributed by atoms with Crippen LogP contribution in [0.1, 0.15) is 18.2 Å². The largest absolute Gasteiger partial charge is 0.493 e. The maximum atomic E-state index is 11.6. The normalized spacial score (nSPS) is 10.5. The van der Waals surface area contributed by atoms with Crippen molar-refractivity contribution in [2.45, 2.75) is 13.5 Å². The van der Waals surface area contributed by atoms with E-state index in [2.05, 4.69) is 15.8 Å². The Labute approximate surface area is 133 Å². The van der Waals surface area contributed by atoms with Crippen molar-refractivity contribution in [2.24, 2.45) is 5.10 Å². The number of amides is 2. The van der Waals surface area contributed by atoms with Gasteiger partial charge >= 0.3 is 11.8 Å². The van der Waals surface area contributed by atoms with E-state index < -0.39 is 11.8 Å². The van der Waals surface area contributed by atoms with Crippen molar-refractivity contribution in [3.8, 4) is 5.75 Å². The third-order valence-electron chi connectivity index (χ3n) is 2.80. The van der Waals surface area contributed by atoms with Gasteiger partial charge in [-0.15, -0.1) is 0 Å². The molecule has 0 saturated carbocycles. The van der Waals surface area contributed by atoms with E-state index in [1.54, 1.807) is 24.3 Å². The highest BCUT2D eigenvalue weighted by atomic mass is 16.5. The van der Waals surface area contributed by atoms with Crippen LogP contribution in [0.5, 0.6) is 5.75 Å². The molecule has 0 bridgehead atoms. The van der Waals surface area contributed by atoms with E-state index in [1.165, 1.54) is 12.5 Å². The number of carbonyl (C=O) groups excluding carboxylic acids is 2. The van der Waals surface area contributed by atoms with E-state index in [1.807, 2.05) is 19.1 Å². The smallest absolute Gasteiger partial charge is 0.329 e. The number of ether oxygens (including phenoxy) is 1. The van der Waals surface area contributed by atoms with E-state index >= 15 is 0 Å². The minimum absolute atomic E-state index is 0.135. The van der Waals surface area contributed by atoms with Crippen LogP contribution < -0.4 is 15.5 Å². The highest BCUT2D eigenvalue weighted by Crippen LogP contribution is 2.15. The van der Waals surface area contributed by atoms with Crippen molar-refractivity contribution in [3.05, 3.63) is 54.0 Å². The van der Waals surface area contributed by atoms with Crippen LogP contribution in [-0.2, 0) is 16.1 Å². The first kappa shape index (κ1) is 16.3. The summed E-state index contributed by atoms with van der Waals surface area (Å²) in [4.78, 5) is 23.2. The first-order chi connectivity index (χ1) is 11.2. The van der Waals surface area contributed by atoms with Gasteiger partial charge in [-0.05, 0) is 31.2 Å². The molecule has 0 saturated heterocycles. The van der Waals surface area contributed by atoms with Crippen molar-refractivity contribution in [3.63, 3.8) is 0 Å². The van der Waals surface area contributed by atoms with E-state index in [9.17, 15) is 9.59 Å². The molecule has 0 fully saturated rings. The molecule has 7 nitrogen and oxygen atoms in total. The maximum absolute atomic E-state index is 11.6. The lowest BCUT2D eigenvalue weighted by atomic mass is 10.2. The molecule has 0 atom stereocenters. The number of hydrazone groups is 1. The average Bonchev–Trinajstić information content (AvgIpc) is 3.08. The molecule has 0 aliphatic heterocycles. The number of para-hydroxylation sites is 1. The summed E-state index contributed by atoms with van der Waals surface area (Å²) in [5.41, 5.74) is 2.86. The zero-order valence-electron chi connectivity index (χ0n) is 12.6. The van der Waals surface area contributed by atoms with Gasteiger partial charge in [-0.25, -0.2) is 5.43 Å². The Kier molecular flexibility index (Phi) is 5.93. The van der Waals surface area contributed by atoms with Crippen LogP contribution in [0.25, 0.3) is 0 Å². The van der Waals surface area contributed by atoms with Crippen molar-refractivity contribution in [1.82, 2.24) is 10.7 Å². The van der Waals surface area contributed by atoms with Crippen LogP contribution in [0, 0.1) is 0 Å². The first-order valence-corrected chi connectivity index (χ1v) is 7.06. The standard InChI is InChI=1S/C16H17N3O4/c1-2-22-14-8-4-3-6-12(14)10-18-19-16(21)15(20)17-11-13-7-5-9-23-13/h3-10H,2,11H2,1H3,(H,17,20)(H,19,21)/b18-10-. The predicted molar refractivity (Wildman–Crippen MR) is 83.9 cm³/mol. The molecule has 0 spiro atoms. The lowest BCUT2D eigenvalue weighted by molar-refractivity contribution is -0.139. The van der Waals surface area contributed by atoms with Gasteiger partial charge in [-0.1, -0.05) is 12.1 Å². The molecule has 23 heavy (non-hydrogen) atoms. The van der Waals surface area contributed by atoms with Gasteiger partial charge in [0.15, 0.2) is 0 Å². The summed E-state index contributed by atoms with van der Waals surface area (Å²) in [5.74, 6) is -0.450. The molecule has 1 aromatic heterocycles. The van der Waals surface area contributed by atoms with Crippen LogP contribution in [-0.4, -0.2) is 24.6 Å². The van der Waals surface area contributed by atoms with Gasteiger partial charge in [0.25, 0.3) is 0 Å². The zero-order chi connectivity index (χ0) is 16.5. The molecule has 7 heteroatoms. The summed E-state index contributed by atoms with van der Waals surface area (Å²) in [5, 5.41) is 6.18. The van der Waals surface area contributed by atoms with Crippen molar-refractivity contribution in [2.75, 3.05) is 6.61 Å². The van der Waals surface area contributed by atoms with Crippen molar-refractivity contribution >= 4 is 18.0 Å². The van der Waals surface area contributed by atoms with Crippen molar-refractivity contribution < 1.29 is 18.7 Å². The third kappa shape index (κ3) is 4.99. The summed E-state index contributed by atoms with van der Waals surface area (Å²) in [6.45, 7) is 2.53. The summed E-state index contributed by atoms with van der Waals surface area (Å²) >= 11 is 0. The lowest BCUT2D eigenvalue weighted by Gasteiger charge is -2.05. The number of hydrogen-bond acceptors (Lipinski definition) is 5. The van der Waals surface area contributed by atoms with Crippen LogP contribution in [0.3, 0.4) is 0 Å². The number of carbonyl (C=O) groups is 2. The molecule has 0 aliphatic carbocycles. The molecule has 2 aromatic rings. The number of furan rings is 1. The molecule has 1 aromatic carbocycles. The summed E-state index contributed by atoms with van der Waals surface area (Å²) in [6.07, 6.45) is 2.91. The second-order valence-electron chi connectivity index (χ2n) is 4.43. The van der Waals surface area contributed by atoms with Gasteiger partial charge in [-0.3, -0.25) is 9.59 Å². The van der Waals surface area contributed by atoms with E-state index in [0.717, 1.165) is 0 Å². The van der Waals surface area contributed by atoms with Crippen LogP contribution in [0.4, 0.5) is 0 Å². The van der Waals surface area contributed by atoms with Gasteiger partial charge < -0.3 is 14.5 Å². The Morgan fingerprint density at radius 2 is 2.04 bits per heavy atom. The average molecular weight is 315 g/mol. The SMILES string of the molecule is CCOc1ccccc1/C=N\NC(=O)C(=O)NCc1ccco1. The molecule has 0 unspecified atom stereocenters. The van der Waals surface area contributed by atoms with Gasteiger partial charge in [0, 0.05) is 5.56 Å². The number of hydrogen-bond donors (Lipinski definition) is 2. The molecule has 1 heterocycles. The first-order valence-electron chi connectivity index (χ1n) is 7.06. The second-order valence-corrected chi connectivity index (χ2v) is 4.43. The Hall–Kier alpha value is -3.09. The van der Waals surface area contributed by atoms with Crippen LogP contribution in [0.15, 0.2) is 52.2 Å². The number of benzene rings is 1. The molecular weight excluding hydrogens is 298 g/mol. The van der Waals surface area contributed by atoms with Crippen molar-refractivity contribution in [1.29, 1.82) is 0 Å². The molecular formula is C16H17N3O4. The highest BCUT2D eigenvalue weighted by Gasteiger charge is 2.12. The van der Waals surface area contributed by atoms with Gasteiger partial charge in [0.1, 0.15) is 11.5 Å². The maximum Gasteiger partial charge on any atom is 0.329 e. The second kappa shape index (κ2) is 8.38. The minimum Gasteiger partial charge on any atom is -0.493 e. The summed E-state index contributed by atoms with van der Waals surface area (Å²) in [6, 6.07) is 10.6. The highest BCUT2D eigenvalue weighted by molar-refractivity contribution is 6.35. The predicted octanol–water partition coefficient (Wildman–Crippen LogP) is 1.44. The molecule has 2 N–H and O–H groups in total. The van der Waals surface area contributed by atoms with Gasteiger partial charge in [-0.2, -0.15) is 5.10 Å². The fraction of sp³-hybridized carbons (Fsp3) is 0.188. The Bertz CT molecular complexity index is 680. The number of rotatable bonds is 6. The molecule has 2 rings (SSSR count). The zero-order valence-corrected chi connectivity index (χ0v) is 12.6. The topological polar surface area (TPSA) is 92.9 Å². The monoisotopic (exact) mass is 315 g/mol.